The molecule has 0 aromatic rings. The van der Waals surface area contributed by atoms with Gasteiger partial charge in [-0.1, -0.05) is 46.5 Å². The van der Waals surface area contributed by atoms with Gasteiger partial charge in [-0.25, -0.2) is 0 Å². The summed E-state index contributed by atoms with van der Waals surface area (Å²) in [5.74, 6) is 0. The average molecular weight is 211 g/mol. The van der Waals surface area contributed by atoms with Crippen LogP contribution in [0.5, 0.6) is 0 Å². The first-order valence-electron chi connectivity index (χ1n) is 6.82. The molecular weight excluding hydrogens is 182 g/mol. The highest BCUT2D eigenvalue weighted by molar-refractivity contribution is 4.87. The van der Waals surface area contributed by atoms with E-state index in [4.69, 9.17) is 5.73 Å². The zero-order valence-corrected chi connectivity index (χ0v) is 10.9. The number of hydrogen-bond acceptors (Lipinski definition) is 1. The standard InChI is InChI=1S/C14H29N/c1-4-13(3)9-7-6-8-10-14(15,5-2)12-11-13/h4-12,15H2,1-3H3. The number of hydrogen-bond donors (Lipinski definition) is 1. The zero-order valence-electron chi connectivity index (χ0n) is 10.9. The Morgan fingerprint density at radius 3 is 2.13 bits per heavy atom. The topological polar surface area (TPSA) is 26.0 Å². The Kier molecular flexibility index (Phi) is 4.64. The van der Waals surface area contributed by atoms with Crippen molar-refractivity contribution >= 4 is 0 Å². The van der Waals surface area contributed by atoms with E-state index in [1.807, 2.05) is 0 Å². The summed E-state index contributed by atoms with van der Waals surface area (Å²) in [5.41, 5.74) is 7.17. The third-order valence-electron chi connectivity index (χ3n) is 4.74. The first-order valence-corrected chi connectivity index (χ1v) is 6.82. The summed E-state index contributed by atoms with van der Waals surface area (Å²) in [5, 5.41) is 0. The van der Waals surface area contributed by atoms with Gasteiger partial charge in [-0.15, -0.1) is 0 Å². The van der Waals surface area contributed by atoms with Crippen LogP contribution in [0.1, 0.15) is 78.6 Å². The predicted octanol–water partition coefficient (Wildman–Crippen LogP) is 4.25. The van der Waals surface area contributed by atoms with E-state index in [0.29, 0.717) is 5.41 Å². The highest BCUT2D eigenvalue weighted by Crippen LogP contribution is 2.38. The van der Waals surface area contributed by atoms with Crippen LogP contribution in [0.4, 0.5) is 0 Å². The monoisotopic (exact) mass is 211 g/mol. The van der Waals surface area contributed by atoms with Crippen molar-refractivity contribution in [3.05, 3.63) is 0 Å². The van der Waals surface area contributed by atoms with E-state index in [9.17, 15) is 0 Å². The molecule has 0 heterocycles. The van der Waals surface area contributed by atoms with Gasteiger partial charge >= 0.3 is 0 Å². The molecule has 1 aliphatic rings. The summed E-state index contributed by atoms with van der Waals surface area (Å²) >= 11 is 0. The van der Waals surface area contributed by atoms with Crippen molar-refractivity contribution in [2.75, 3.05) is 0 Å². The Morgan fingerprint density at radius 2 is 1.53 bits per heavy atom. The van der Waals surface area contributed by atoms with E-state index < -0.39 is 0 Å². The molecule has 1 saturated carbocycles. The molecule has 1 fully saturated rings. The Bertz CT molecular complexity index is 170. The van der Waals surface area contributed by atoms with E-state index >= 15 is 0 Å². The van der Waals surface area contributed by atoms with Crippen LogP contribution < -0.4 is 5.73 Å². The third-order valence-corrected chi connectivity index (χ3v) is 4.74. The van der Waals surface area contributed by atoms with Crippen LogP contribution in [-0.2, 0) is 0 Å². The van der Waals surface area contributed by atoms with E-state index in [-0.39, 0.29) is 5.54 Å². The highest BCUT2D eigenvalue weighted by Gasteiger charge is 2.29. The van der Waals surface area contributed by atoms with Crippen LogP contribution in [0.25, 0.3) is 0 Å². The van der Waals surface area contributed by atoms with Crippen LogP contribution in [-0.4, -0.2) is 5.54 Å². The zero-order chi connectivity index (χ0) is 11.4. The molecule has 0 aromatic carbocycles. The number of rotatable bonds is 2. The molecule has 0 aliphatic heterocycles. The van der Waals surface area contributed by atoms with Crippen molar-refractivity contribution in [2.24, 2.45) is 11.1 Å². The second-order valence-corrected chi connectivity index (χ2v) is 5.94. The van der Waals surface area contributed by atoms with Gasteiger partial charge in [0.1, 0.15) is 0 Å². The van der Waals surface area contributed by atoms with Gasteiger partial charge in [-0.3, -0.25) is 0 Å². The Balaban J connectivity index is 2.63. The van der Waals surface area contributed by atoms with Crippen LogP contribution in [0.15, 0.2) is 0 Å². The minimum Gasteiger partial charge on any atom is -0.325 e. The molecule has 2 unspecified atom stereocenters. The maximum atomic E-state index is 6.47. The first kappa shape index (κ1) is 13.0. The van der Waals surface area contributed by atoms with Crippen LogP contribution in [0, 0.1) is 5.41 Å². The molecule has 1 nitrogen and oxygen atoms in total. The molecule has 1 aliphatic carbocycles. The lowest BCUT2D eigenvalue weighted by Gasteiger charge is -2.33. The van der Waals surface area contributed by atoms with E-state index in [2.05, 4.69) is 20.8 Å². The predicted molar refractivity (Wildman–Crippen MR) is 67.9 cm³/mol. The Hall–Kier alpha value is -0.0400. The Labute approximate surface area is 95.8 Å². The van der Waals surface area contributed by atoms with Gasteiger partial charge in [0.25, 0.3) is 0 Å². The maximum Gasteiger partial charge on any atom is 0.0151 e. The van der Waals surface area contributed by atoms with E-state index in [1.165, 1.54) is 51.4 Å². The van der Waals surface area contributed by atoms with E-state index in [1.54, 1.807) is 0 Å². The first-order chi connectivity index (χ1) is 7.04. The van der Waals surface area contributed by atoms with Crippen molar-refractivity contribution in [3.63, 3.8) is 0 Å². The van der Waals surface area contributed by atoms with Crippen molar-refractivity contribution in [1.29, 1.82) is 0 Å². The van der Waals surface area contributed by atoms with Crippen LogP contribution in [0.2, 0.25) is 0 Å². The molecule has 0 aromatic heterocycles. The quantitative estimate of drug-likeness (QED) is 0.726. The molecule has 1 rings (SSSR count). The van der Waals surface area contributed by atoms with Gasteiger partial charge in [0.15, 0.2) is 0 Å². The van der Waals surface area contributed by atoms with Gasteiger partial charge in [0.05, 0.1) is 0 Å². The Morgan fingerprint density at radius 1 is 0.867 bits per heavy atom. The van der Waals surface area contributed by atoms with Gasteiger partial charge in [-0.2, -0.15) is 0 Å². The summed E-state index contributed by atoms with van der Waals surface area (Å²) in [6.45, 7) is 7.04. The fourth-order valence-electron chi connectivity index (χ4n) is 2.71. The summed E-state index contributed by atoms with van der Waals surface area (Å²) in [6, 6.07) is 0. The van der Waals surface area contributed by atoms with Crippen LogP contribution >= 0.6 is 0 Å². The highest BCUT2D eigenvalue weighted by atomic mass is 14.7. The molecule has 0 saturated heterocycles. The second kappa shape index (κ2) is 5.34. The molecule has 0 bridgehead atoms. The molecule has 0 spiro atoms. The molecule has 2 atom stereocenters. The number of nitrogens with two attached hydrogens (primary N) is 1. The van der Waals surface area contributed by atoms with Crippen molar-refractivity contribution in [1.82, 2.24) is 0 Å². The second-order valence-electron chi connectivity index (χ2n) is 5.94. The molecule has 2 N–H and O–H groups in total. The SMILES string of the molecule is CCC1(C)CCCCCC(N)(CC)CC1. The smallest absolute Gasteiger partial charge is 0.0151 e. The van der Waals surface area contributed by atoms with E-state index in [0.717, 1.165) is 6.42 Å². The van der Waals surface area contributed by atoms with Gasteiger partial charge in [-0.05, 0) is 37.5 Å². The average Bonchev–Trinajstić information content (AvgIpc) is 2.32. The van der Waals surface area contributed by atoms with Gasteiger partial charge < -0.3 is 5.73 Å². The molecule has 15 heavy (non-hydrogen) atoms. The fourth-order valence-corrected chi connectivity index (χ4v) is 2.71. The van der Waals surface area contributed by atoms with Gasteiger partial charge in [0, 0.05) is 5.54 Å². The molecular formula is C14H29N. The minimum atomic E-state index is 0.140. The maximum absolute atomic E-state index is 6.47. The molecule has 0 amide bonds. The third kappa shape index (κ3) is 3.79. The van der Waals surface area contributed by atoms with Crippen molar-refractivity contribution < 1.29 is 0 Å². The van der Waals surface area contributed by atoms with Crippen molar-refractivity contribution in [3.8, 4) is 0 Å². The molecule has 90 valence electrons. The lowest BCUT2D eigenvalue weighted by atomic mass is 9.75. The normalized spacial score (nSPS) is 39.2. The largest absolute Gasteiger partial charge is 0.325 e. The minimum absolute atomic E-state index is 0.140. The summed E-state index contributed by atoms with van der Waals surface area (Å²) in [6.07, 6.45) is 11.8. The summed E-state index contributed by atoms with van der Waals surface area (Å²) in [4.78, 5) is 0. The lowest BCUT2D eigenvalue weighted by Crippen LogP contribution is -2.39. The van der Waals surface area contributed by atoms with Crippen LogP contribution in [0.3, 0.4) is 0 Å². The summed E-state index contributed by atoms with van der Waals surface area (Å²) in [7, 11) is 0. The summed E-state index contributed by atoms with van der Waals surface area (Å²) < 4.78 is 0. The molecule has 0 radical (unpaired) electrons. The fraction of sp³-hybridized carbons (Fsp3) is 1.00. The molecule has 1 heteroatoms. The van der Waals surface area contributed by atoms with Crippen molar-refractivity contribution in [2.45, 2.75) is 84.1 Å². The van der Waals surface area contributed by atoms with Gasteiger partial charge in [0.2, 0.25) is 0 Å². The lowest BCUT2D eigenvalue weighted by molar-refractivity contribution is 0.221.